The number of benzene rings is 1. The number of para-hydroxylation sites is 1. The summed E-state index contributed by atoms with van der Waals surface area (Å²) in [6.45, 7) is 0. The lowest BCUT2D eigenvalue weighted by molar-refractivity contribution is 0.803. The van der Waals surface area contributed by atoms with Crippen LogP contribution in [-0.2, 0) is 0 Å². The van der Waals surface area contributed by atoms with Crippen LogP contribution in [0.5, 0.6) is 0 Å². The van der Waals surface area contributed by atoms with Gasteiger partial charge in [0.15, 0.2) is 0 Å². The van der Waals surface area contributed by atoms with Crippen LogP contribution in [-0.4, -0.2) is 20.0 Å². The van der Waals surface area contributed by atoms with E-state index in [-0.39, 0.29) is 0 Å². The van der Waals surface area contributed by atoms with Gasteiger partial charge in [-0.15, -0.1) is 5.10 Å². The zero-order valence-corrected chi connectivity index (χ0v) is 9.06. The van der Waals surface area contributed by atoms with Crippen LogP contribution in [0.25, 0.3) is 17.1 Å². The lowest BCUT2D eigenvalue weighted by Crippen LogP contribution is -1.93. The number of hydrogen-bond donors (Lipinski definition) is 0. The summed E-state index contributed by atoms with van der Waals surface area (Å²) in [5.41, 5.74) is 2.59. The maximum absolute atomic E-state index is 4.24. The minimum atomic E-state index is 0.773. The fraction of sp³-hybridized carbons (Fsp3) is 0. The van der Waals surface area contributed by atoms with Gasteiger partial charge in [0, 0.05) is 6.20 Å². The van der Waals surface area contributed by atoms with E-state index in [1.165, 1.54) is 0 Å². The van der Waals surface area contributed by atoms with E-state index in [1.807, 2.05) is 54.7 Å². The monoisotopic (exact) mass is 222 g/mol. The number of nitrogens with zero attached hydrogens (tertiary/aromatic N) is 4. The topological polar surface area (TPSA) is 43.6 Å². The molecule has 0 bridgehead atoms. The Labute approximate surface area is 98.6 Å². The van der Waals surface area contributed by atoms with Gasteiger partial charge in [-0.25, -0.2) is 4.68 Å². The maximum atomic E-state index is 4.24. The molecule has 0 saturated carbocycles. The molecule has 0 unspecified atom stereocenters. The standard InChI is InChI=1S/C13H10N4/c1-2-6-11(7-3-1)17-10-13(15-16-17)12-8-4-5-9-14-12/h1-10H. The average Bonchev–Trinajstić information content (AvgIpc) is 2.90. The summed E-state index contributed by atoms with van der Waals surface area (Å²) >= 11 is 0. The summed E-state index contributed by atoms with van der Waals surface area (Å²) in [5, 5.41) is 8.20. The molecule has 2 heterocycles. The highest BCUT2D eigenvalue weighted by molar-refractivity contribution is 5.52. The van der Waals surface area contributed by atoms with Gasteiger partial charge in [0.05, 0.1) is 17.6 Å². The average molecular weight is 222 g/mol. The second-order valence-electron chi connectivity index (χ2n) is 3.60. The predicted molar refractivity (Wildman–Crippen MR) is 64.6 cm³/mol. The van der Waals surface area contributed by atoms with E-state index in [2.05, 4.69) is 15.3 Å². The highest BCUT2D eigenvalue weighted by Gasteiger charge is 2.04. The predicted octanol–water partition coefficient (Wildman–Crippen LogP) is 2.33. The Morgan fingerprint density at radius 1 is 0.824 bits per heavy atom. The number of rotatable bonds is 2. The summed E-state index contributed by atoms with van der Waals surface area (Å²) in [6.07, 6.45) is 3.62. The third-order valence-electron chi connectivity index (χ3n) is 2.44. The molecule has 4 nitrogen and oxygen atoms in total. The molecule has 0 fully saturated rings. The molecule has 0 aliphatic carbocycles. The fourth-order valence-corrected chi connectivity index (χ4v) is 1.60. The highest BCUT2D eigenvalue weighted by Crippen LogP contribution is 2.14. The molecular weight excluding hydrogens is 212 g/mol. The first-order valence-corrected chi connectivity index (χ1v) is 5.33. The largest absolute Gasteiger partial charge is 0.254 e. The normalized spacial score (nSPS) is 10.4. The van der Waals surface area contributed by atoms with Crippen molar-refractivity contribution < 1.29 is 0 Å². The molecule has 17 heavy (non-hydrogen) atoms. The molecule has 0 aliphatic heterocycles. The van der Waals surface area contributed by atoms with E-state index in [1.54, 1.807) is 10.9 Å². The lowest BCUT2D eigenvalue weighted by Gasteiger charge is -1.97. The number of aromatic nitrogens is 4. The third kappa shape index (κ3) is 1.92. The minimum Gasteiger partial charge on any atom is -0.254 e. The van der Waals surface area contributed by atoms with Crippen molar-refractivity contribution in [3.05, 3.63) is 60.9 Å². The summed E-state index contributed by atoms with van der Waals surface area (Å²) in [7, 11) is 0. The van der Waals surface area contributed by atoms with Gasteiger partial charge >= 0.3 is 0 Å². The van der Waals surface area contributed by atoms with Gasteiger partial charge < -0.3 is 0 Å². The Bertz CT molecular complexity index is 548. The molecule has 0 saturated heterocycles. The fourth-order valence-electron chi connectivity index (χ4n) is 1.60. The van der Waals surface area contributed by atoms with Crippen molar-refractivity contribution in [3.8, 4) is 17.1 Å². The zero-order chi connectivity index (χ0) is 11.5. The van der Waals surface area contributed by atoms with Crippen LogP contribution in [0, 0.1) is 0 Å². The first kappa shape index (κ1) is 9.72. The number of pyridine rings is 1. The van der Waals surface area contributed by atoms with E-state index >= 15 is 0 Å². The molecular formula is C13H10N4. The maximum Gasteiger partial charge on any atom is 0.131 e. The van der Waals surface area contributed by atoms with E-state index < -0.39 is 0 Å². The van der Waals surface area contributed by atoms with Crippen molar-refractivity contribution in [2.75, 3.05) is 0 Å². The van der Waals surface area contributed by atoms with Gasteiger partial charge in [0.1, 0.15) is 5.69 Å². The van der Waals surface area contributed by atoms with Crippen LogP contribution in [0.15, 0.2) is 60.9 Å². The summed E-state index contributed by atoms with van der Waals surface area (Å²) in [4.78, 5) is 4.24. The van der Waals surface area contributed by atoms with Crippen LogP contribution in [0.1, 0.15) is 0 Å². The van der Waals surface area contributed by atoms with Crippen molar-refractivity contribution >= 4 is 0 Å². The molecule has 0 radical (unpaired) electrons. The lowest BCUT2D eigenvalue weighted by atomic mass is 10.3. The molecule has 1 aromatic carbocycles. The first-order valence-electron chi connectivity index (χ1n) is 5.33. The van der Waals surface area contributed by atoms with Gasteiger partial charge in [-0.1, -0.05) is 29.5 Å². The van der Waals surface area contributed by atoms with E-state index in [9.17, 15) is 0 Å². The smallest absolute Gasteiger partial charge is 0.131 e. The van der Waals surface area contributed by atoms with Gasteiger partial charge in [-0.05, 0) is 24.3 Å². The molecule has 0 amide bonds. The Morgan fingerprint density at radius 3 is 2.41 bits per heavy atom. The van der Waals surface area contributed by atoms with Crippen LogP contribution in [0.2, 0.25) is 0 Å². The molecule has 0 atom stereocenters. The van der Waals surface area contributed by atoms with Crippen LogP contribution < -0.4 is 0 Å². The Hall–Kier alpha value is -2.49. The molecule has 82 valence electrons. The Kier molecular flexibility index (Phi) is 2.38. The van der Waals surface area contributed by atoms with E-state index in [0.717, 1.165) is 17.1 Å². The van der Waals surface area contributed by atoms with Crippen molar-refractivity contribution in [1.29, 1.82) is 0 Å². The molecule has 3 rings (SSSR count). The summed E-state index contributed by atoms with van der Waals surface area (Å²) < 4.78 is 1.74. The van der Waals surface area contributed by atoms with Gasteiger partial charge in [0.2, 0.25) is 0 Å². The van der Waals surface area contributed by atoms with Crippen LogP contribution in [0.3, 0.4) is 0 Å². The van der Waals surface area contributed by atoms with Crippen LogP contribution in [0.4, 0.5) is 0 Å². The van der Waals surface area contributed by atoms with E-state index in [4.69, 9.17) is 0 Å². The zero-order valence-electron chi connectivity index (χ0n) is 9.06. The van der Waals surface area contributed by atoms with Crippen LogP contribution >= 0.6 is 0 Å². The van der Waals surface area contributed by atoms with Crippen molar-refractivity contribution in [2.24, 2.45) is 0 Å². The third-order valence-corrected chi connectivity index (χ3v) is 2.44. The summed E-state index contributed by atoms with van der Waals surface area (Å²) in [5.74, 6) is 0. The first-order chi connectivity index (χ1) is 8.43. The Balaban J connectivity index is 1.99. The molecule has 3 aromatic rings. The second-order valence-corrected chi connectivity index (χ2v) is 3.60. The second kappa shape index (κ2) is 4.17. The Morgan fingerprint density at radius 2 is 1.65 bits per heavy atom. The van der Waals surface area contributed by atoms with Crippen molar-refractivity contribution in [1.82, 2.24) is 20.0 Å². The molecule has 0 aliphatic rings. The SMILES string of the molecule is c1ccc(-n2cc(-c3ccccn3)nn2)cc1. The van der Waals surface area contributed by atoms with Gasteiger partial charge in [-0.2, -0.15) is 0 Å². The van der Waals surface area contributed by atoms with Gasteiger partial charge in [0.25, 0.3) is 0 Å². The summed E-state index contributed by atoms with van der Waals surface area (Å²) in [6, 6.07) is 15.6. The molecule has 0 spiro atoms. The quantitative estimate of drug-likeness (QED) is 0.668. The molecule has 2 aromatic heterocycles. The highest BCUT2D eigenvalue weighted by atomic mass is 15.4. The van der Waals surface area contributed by atoms with Gasteiger partial charge in [-0.3, -0.25) is 4.98 Å². The van der Waals surface area contributed by atoms with Crippen molar-refractivity contribution in [3.63, 3.8) is 0 Å². The number of hydrogen-bond acceptors (Lipinski definition) is 3. The molecule has 0 N–H and O–H groups in total. The minimum absolute atomic E-state index is 0.773. The van der Waals surface area contributed by atoms with E-state index in [0.29, 0.717) is 0 Å². The van der Waals surface area contributed by atoms with Crippen molar-refractivity contribution in [2.45, 2.75) is 0 Å². The molecule has 4 heteroatoms.